The number of methoxy groups -OCH3 is 1. The van der Waals surface area contributed by atoms with Crippen molar-refractivity contribution < 1.29 is 14.3 Å². The topological polar surface area (TPSA) is 76.8 Å². The highest BCUT2D eigenvalue weighted by atomic mass is 32.2. The van der Waals surface area contributed by atoms with E-state index < -0.39 is 5.97 Å². The summed E-state index contributed by atoms with van der Waals surface area (Å²) in [5.74, 6) is -0.507. The molecule has 8 heteroatoms. The number of thioether (sulfide) groups is 1. The highest BCUT2D eigenvalue weighted by molar-refractivity contribution is 8.18. The van der Waals surface area contributed by atoms with Gasteiger partial charge in [0.05, 0.1) is 35.2 Å². The number of hydrogen-bond donors (Lipinski definition) is 0. The second-order valence-electron chi connectivity index (χ2n) is 7.28. The summed E-state index contributed by atoms with van der Waals surface area (Å²) in [5.41, 5.74) is 5.14. The summed E-state index contributed by atoms with van der Waals surface area (Å²) in [4.78, 5) is 35.4. The van der Waals surface area contributed by atoms with Gasteiger partial charge >= 0.3 is 5.97 Å². The number of benzene rings is 1. The molecule has 1 aromatic carbocycles. The molecule has 0 atom stereocenters. The Labute approximate surface area is 190 Å². The molecule has 1 aliphatic rings. The Morgan fingerprint density at radius 2 is 1.94 bits per heavy atom. The maximum Gasteiger partial charge on any atom is 0.337 e. The lowest BCUT2D eigenvalue weighted by Crippen LogP contribution is -2.23. The number of rotatable bonds is 4. The van der Waals surface area contributed by atoms with Crippen molar-refractivity contribution in [3.05, 3.63) is 82.3 Å². The first-order valence-electron chi connectivity index (χ1n) is 9.93. The average molecular weight is 447 g/mol. The average Bonchev–Trinajstić information content (AvgIpc) is 3.23. The molecule has 4 rings (SSSR count). The van der Waals surface area contributed by atoms with Gasteiger partial charge in [0.25, 0.3) is 5.91 Å². The molecule has 0 spiro atoms. The number of amidine groups is 1. The molecule has 3 aromatic rings. The SMILES string of the molecule is COC(=O)c1ccc(N=C2S/C(=C/c3cc(C)n(-c4cccnc4)c3C)C(=O)N2C)cc1. The molecule has 1 saturated heterocycles. The molecule has 0 unspecified atom stereocenters. The van der Waals surface area contributed by atoms with Crippen LogP contribution in [0.15, 0.2) is 64.8 Å². The molecule has 0 N–H and O–H groups in total. The number of nitrogens with zero attached hydrogens (tertiary/aromatic N) is 4. The number of aromatic nitrogens is 2. The fourth-order valence-corrected chi connectivity index (χ4v) is 4.49. The summed E-state index contributed by atoms with van der Waals surface area (Å²) in [7, 11) is 3.05. The first-order valence-corrected chi connectivity index (χ1v) is 10.7. The summed E-state index contributed by atoms with van der Waals surface area (Å²) in [6.45, 7) is 4.06. The maximum absolute atomic E-state index is 12.8. The molecule has 0 aliphatic carbocycles. The fourth-order valence-electron chi connectivity index (χ4n) is 3.51. The van der Waals surface area contributed by atoms with Gasteiger partial charge in [-0.25, -0.2) is 9.79 Å². The zero-order valence-electron chi connectivity index (χ0n) is 18.2. The molecule has 162 valence electrons. The van der Waals surface area contributed by atoms with Gasteiger partial charge in [-0.3, -0.25) is 14.7 Å². The van der Waals surface area contributed by atoms with E-state index >= 15 is 0 Å². The minimum atomic E-state index is -0.402. The van der Waals surface area contributed by atoms with Crippen LogP contribution in [0, 0.1) is 13.8 Å². The molecular formula is C24H22N4O3S. The van der Waals surface area contributed by atoms with E-state index in [1.165, 1.54) is 23.8 Å². The number of hydrogen-bond acceptors (Lipinski definition) is 6. The number of carbonyl (C=O) groups excluding carboxylic acids is 2. The lowest BCUT2D eigenvalue weighted by atomic mass is 10.2. The minimum absolute atomic E-state index is 0.105. The van der Waals surface area contributed by atoms with E-state index in [1.807, 2.05) is 38.3 Å². The van der Waals surface area contributed by atoms with Gasteiger partial charge in [-0.05, 0) is 79.7 Å². The third kappa shape index (κ3) is 4.09. The predicted molar refractivity (Wildman–Crippen MR) is 126 cm³/mol. The molecule has 2 aromatic heterocycles. The largest absolute Gasteiger partial charge is 0.465 e. The normalized spacial score (nSPS) is 16.2. The molecule has 3 heterocycles. The Morgan fingerprint density at radius 1 is 1.19 bits per heavy atom. The van der Waals surface area contributed by atoms with Crippen molar-refractivity contribution in [2.45, 2.75) is 13.8 Å². The van der Waals surface area contributed by atoms with Crippen LogP contribution in [-0.2, 0) is 9.53 Å². The molecule has 7 nitrogen and oxygen atoms in total. The quantitative estimate of drug-likeness (QED) is 0.435. The summed E-state index contributed by atoms with van der Waals surface area (Å²) in [6.07, 6.45) is 5.46. The van der Waals surface area contributed by atoms with Crippen molar-refractivity contribution in [2.24, 2.45) is 4.99 Å². The molecule has 1 fully saturated rings. The van der Waals surface area contributed by atoms with Crippen LogP contribution in [0.3, 0.4) is 0 Å². The second kappa shape index (κ2) is 8.84. The summed E-state index contributed by atoms with van der Waals surface area (Å²) in [5, 5.41) is 0.577. The number of aliphatic imine (C=N–C) groups is 1. The second-order valence-corrected chi connectivity index (χ2v) is 8.29. The molecule has 1 aliphatic heterocycles. The molecule has 0 bridgehead atoms. The van der Waals surface area contributed by atoms with Crippen LogP contribution in [0.2, 0.25) is 0 Å². The van der Waals surface area contributed by atoms with Crippen molar-refractivity contribution >= 4 is 40.6 Å². The number of esters is 1. The Bertz CT molecular complexity index is 1240. The van der Waals surface area contributed by atoms with E-state index in [2.05, 4.69) is 20.6 Å². The highest BCUT2D eigenvalue weighted by Gasteiger charge is 2.30. The van der Waals surface area contributed by atoms with E-state index in [0.717, 1.165) is 22.6 Å². The molecule has 1 amide bonds. The molecule has 0 saturated carbocycles. The summed E-state index contributed by atoms with van der Waals surface area (Å²) < 4.78 is 6.83. The number of ether oxygens (including phenoxy) is 1. The lowest BCUT2D eigenvalue weighted by Gasteiger charge is -2.08. The maximum atomic E-state index is 12.8. The van der Waals surface area contributed by atoms with Crippen molar-refractivity contribution in [2.75, 3.05) is 14.2 Å². The smallest absolute Gasteiger partial charge is 0.337 e. The first-order chi connectivity index (χ1) is 15.4. The zero-order chi connectivity index (χ0) is 22.8. The van der Waals surface area contributed by atoms with Crippen LogP contribution < -0.4 is 0 Å². The van der Waals surface area contributed by atoms with Crippen molar-refractivity contribution in [3.63, 3.8) is 0 Å². The Kier molecular flexibility index (Phi) is 5.96. The number of amides is 1. The first kappa shape index (κ1) is 21.6. The minimum Gasteiger partial charge on any atom is -0.465 e. The molecule has 32 heavy (non-hydrogen) atoms. The fraction of sp³-hybridized carbons (Fsp3) is 0.167. The Morgan fingerprint density at radius 3 is 2.59 bits per heavy atom. The molecular weight excluding hydrogens is 424 g/mol. The van der Waals surface area contributed by atoms with Gasteiger partial charge in [0.15, 0.2) is 5.17 Å². The van der Waals surface area contributed by atoms with E-state index in [0.29, 0.717) is 21.3 Å². The van der Waals surface area contributed by atoms with Crippen LogP contribution >= 0.6 is 11.8 Å². The van der Waals surface area contributed by atoms with Crippen molar-refractivity contribution in [1.82, 2.24) is 14.5 Å². The van der Waals surface area contributed by atoms with E-state index in [9.17, 15) is 9.59 Å². The van der Waals surface area contributed by atoms with Gasteiger partial charge in [-0.2, -0.15) is 0 Å². The van der Waals surface area contributed by atoms with E-state index in [-0.39, 0.29) is 5.91 Å². The summed E-state index contributed by atoms with van der Waals surface area (Å²) >= 11 is 1.33. The van der Waals surface area contributed by atoms with Crippen molar-refractivity contribution in [1.29, 1.82) is 0 Å². The number of carbonyl (C=O) groups is 2. The monoisotopic (exact) mass is 446 g/mol. The van der Waals surface area contributed by atoms with E-state index in [4.69, 9.17) is 4.74 Å². The highest BCUT2D eigenvalue weighted by Crippen LogP contribution is 2.34. The van der Waals surface area contributed by atoms with E-state index in [1.54, 1.807) is 37.5 Å². The van der Waals surface area contributed by atoms with Gasteiger partial charge in [0, 0.05) is 24.6 Å². The van der Waals surface area contributed by atoms with Gasteiger partial charge in [-0.1, -0.05) is 0 Å². The third-order valence-corrected chi connectivity index (χ3v) is 6.24. The van der Waals surface area contributed by atoms with Crippen LogP contribution in [0.25, 0.3) is 11.8 Å². The van der Waals surface area contributed by atoms with Crippen molar-refractivity contribution in [3.8, 4) is 5.69 Å². The van der Waals surface area contributed by atoms with Gasteiger partial charge < -0.3 is 9.30 Å². The standard InChI is InChI=1S/C24H22N4O3S/c1-15-12-18(16(2)28(15)20-6-5-11-25-14-20)13-21-22(29)27(3)24(32-21)26-19-9-7-17(8-10-19)23(30)31-4/h5-14H,1-4H3/b21-13+,26-24?. The van der Waals surface area contributed by atoms with Gasteiger partial charge in [0.2, 0.25) is 0 Å². The van der Waals surface area contributed by atoms with Gasteiger partial charge in [-0.15, -0.1) is 0 Å². The zero-order valence-corrected chi connectivity index (χ0v) is 19.0. The van der Waals surface area contributed by atoms with Crippen LogP contribution in [0.4, 0.5) is 5.69 Å². The lowest BCUT2D eigenvalue weighted by molar-refractivity contribution is -0.121. The van der Waals surface area contributed by atoms with Gasteiger partial charge in [0.1, 0.15) is 0 Å². The third-order valence-electron chi connectivity index (χ3n) is 5.18. The van der Waals surface area contributed by atoms with Crippen LogP contribution in [-0.4, -0.2) is 45.7 Å². The Balaban J connectivity index is 1.62. The summed E-state index contributed by atoms with van der Waals surface area (Å²) in [6, 6.07) is 12.7. The number of likely N-dealkylation sites (N-methyl/N-ethyl adjacent to an activating group) is 1. The number of pyridine rings is 1. The molecule has 0 radical (unpaired) electrons. The van der Waals surface area contributed by atoms with Crippen LogP contribution in [0.1, 0.15) is 27.3 Å². The number of aryl methyl sites for hydroxylation is 1. The predicted octanol–water partition coefficient (Wildman–Crippen LogP) is 4.51. The Hall–Kier alpha value is -3.65. The van der Waals surface area contributed by atoms with Crippen LogP contribution in [0.5, 0.6) is 0 Å².